The molecular weight excluding hydrogens is 322 g/mol. The van der Waals surface area contributed by atoms with Crippen LogP contribution in [-0.2, 0) is 14.8 Å². The average molecular weight is 341 g/mol. The first-order valence-electron chi connectivity index (χ1n) is 7.19. The Kier molecular flexibility index (Phi) is 5.00. The van der Waals surface area contributed by atoms with Gasteiger partial charge >= 0.3 is 0 Å². The number of carbonyl (C=O) groups is 1. The number of non-ortho nitro benzene ring substituents is 1. The molecule has 0 saturated carbocycles. The van der Waals surface area contributed by atoms with Crippen LogP contribution in [0.15, 0.2) is 18.2 Å². The van der Waals surface area contributed by atoms with E-state index in [1.54, 1.807) is 13.0 Å². The molecule has 23 heavy (non-hydrogen) atoms. The highest BCUT2D eigenvalue weighted by Crippen LogP contribution is 2.24. The maximum Gasteiger partial charge on any atom is 0.271 e. The predicted molar refractivity (Wildman–Crippen MR) is 85.6 cm³/mol. The van der Waals surface area contributed by atoms with E-state index in [0.29, 0.717) is 30.6 Å². The van der Waals surface area contributed by atoms with E-state index in [4.69, 9.17) is 0 Å². The number of amides is 1. The van der Waals surface area contributed by atoms with Crippen LogP contribution in [0, 0.1) is 23.0 Å². The second-order valence-corrected chi connectivity index (χ2v) is 7.69. The zero-order valence-electron chi connectivity index (χ0n) is 13.0. The number of benzene rings is 1. The Morgan fingerprint density at radius 2 is 2.13 bits per heavy atom. The molecule has 0 aliphatic carbocycles. The van der Waals surface area contributed by atoms with E-state index in [9.17, 15) is 23.3 Å². The topological polar surface area (TPSA) is 110 Å². The van der Waals surface area contributed by atoms with Gasteiger partial charge in [-0.1, -0.05) is 6.07 Å². The number of anilines is 1. The highest BCUT2D eigenvalue weighted by Gasteiger charge is 2.30. The average Bonchev–Trinajstić information content (AvgIpc) is 2.48. The lowest BCUT2D eigenvalue weighted by Gasteiger charge is -2.30. The van der Waals surface area contributed by atoms with E-state index in [2.05, 4.69) is 5.32 Å². The van der Waals surface area contributed by atoms with Crippen molar-refractivity contribution >= 4 is 27.3 Å². The fourth-order valence-electron chi connectivity index (χ4n) is 2.55. The Balaban J connectivity index is 2.13. The molecule has 1 heterocycles. The van der Waals surface area contributed by atoms with Crippen LogP contribution >= 0.6 is 0 Å². The summed E-state index contributed by atoms with van der Waals surface area (Å²) in [7, 11) is -3.33. The Hall–Kier alpha value is -2.00. The van der Waals surface area contributed by atoms with Crippen molar-refractivity contribution in [2.45, 2.75) is 19.8 Å². The summed E-state index contributed by atoms with van der Waals surface area (Å²) in [6.45, 7) is 2.29. The predicted octanol–water partition coefficient (Wildman–Crippen LogP) is 1.51. The van der Waals surface area contributed by atoms with Crippen LogP contribution in [0.1, 0.15) is 18.4 Å². The van der Waals surface area contributed by atoms with E-state index in [1.165, 1.54) is 16.4 Å². The molecule has 1 aromatic carbocycles. The molecule has 8 nitrogen and oxygen atoms in total. The first-order chi connectivity index (χ1) is 10.7. The third kappa shape index (κ3) is 4.26. The number of nitrogens with zero attached hydrogens (tertiary/aromatic N) is 2. The molecule has 0 unspecified atom stereocenters. The summed E-state index contributed by atoms with van der Waals surface area (Å²) in [5, 5.41) is 13.5. The van der Waals surface area contributed by atoms with Crippen molar-refractivity contribution in [1.29, 1.82) is 0 Å². The normalized spacial score (nSPS) is 19.3. The summed E-state index contributed by atoms with van der Waals surface area (Å²) in [6.07, 6.45) is 2.32. The molecule has 0 aromatic heterocycles. The third-order valence-corrected chi connectivity index (χ3v) is 5.18. The van der Waals surface area contributed by atoms with Gasteiger partial charge in [0.2, 0.25) is 15.9 Å². The van der Waals surface area contributed by atoms with Gasteiger partial charge in [0.25, 0.3) is 5.69 Å². The molecule has 1 amide bonds. The van der Waals surface area contributed by atoms with Crippen molar-refractivity contribution in [3.63, 3.8) is 0 Å². The number of sulfonamides is 1. The van der Waals surface area contributed by atoms with Gasteiger partial charge < -0.3 is 5.32 Å². The summed E-state index contributed by atoms with van der Waals surface area (Å²) in [5.41, 5.74) is 0.979. The smallest absolute Gasteiger partial charge is 0.271 e. The molecule has 1 N–H and O–H groups in total. The van der Waals surface area contributed by atoms with E-state index in [1.807, 2.05) is 0 Å². The molecular formula is C14H19N3O5S. The lowest BCUT2D eigenvalue weighted by Crippen LogP contribution is -2.43. The standard InChI is InChI=1S/C14H19N3O5S/c1-10-5-6-12(17(19)20)8-13(10)15-14(18)11-4-3-7-16(9-11)23(2,21)22/h5-6,8,11H,3-4,7,9H2,1-2H3,(H,15,18)/t11-/m1/s1. The molecule has 1 aliphatic heterocycles. The third-order valence-electron chi connectivity index (χ3n) is 3.91. The maximum absolute atomic E-state index is 12.4. The van der Waals surface area contributed by atoms with Crippen molar-refractivity contribution < 1.29 is 18.1 Å². The van der Waals surface area contributed by atoms with Gasteiger partial charge in [-0.05, 0) is 25.3 Å². The number of nitro benzene ring substituents is 1. The molecule has 1 saturated heterocycles. The van der Waals surface area contributed by atoms with E-state index in [0.717, 1.165) is 6.26 Å². The molecule has 9 heteroatoms. The van der Waals surface area contributed by atoms with Crippen molar-refractivity contribution in [3.8, 4) is 0 Å². The van der Waals surface area contributed by atoms with Crippen LogP contribution in [0.3, 0.4) is 0 Å². The summed E-state index contributed by atoms with van der Waals surface area (Å²) >= 11 is 0. The second kappa shape index (κ2) is 6.63. The van der Waals surface area contributed by atoms with Gasteiger partial charge in [0.15, 0.2) is 0 Å². The Bertz CT molecular complexity index is 732. The lowest BCUT2D eigenvalue weighted by atomic mass is 9.98. The fourth-order valence-corrected chi connectivity index (χ4v) is 3.46. The molecule has 126 valence electrons. The number of hydrogen-bond acceptors (Lipinski definition) is 5. The van der Waals surface area contributed by atoms with Gasteiger partial charge in [-0.2, -0.15) is 0 Å². The van der Waals surface area contributed by atoms with Crippen molar-refractivity contribution in [1.82, 2.24) is 4.31 Å². The van der Waals surface area contributed by atoms with E-state index in [-0.39, 0.29) is 18.1 Å². The van der Waals surface area contributed by atoms with Gasteiger partial charge in [0.1, 0.15) is 0 Å². The summed E-state index contributed by atoms with van der Waals surface area (Å²) in [4.78, 5) is 22.7. The van der Waals surface area contributed by atoms with E-state index < -0.39 is 20.9 Å². The van der Waals surface area contributed by atoms with Gasteiger partial charge in [-0.3, -0.25) is 14.9 Å². The van der Waals surface area contributed by atoms with Gasteiger partial charge in [0.05, 0.1) is 22.8 Å². The summed E-state index contributed by atoms with van der Waals surface area (Å²) < 4.78 is 24.5. The van der Waals surface area contributed by atoms with Crippen LogP contribution in [0.5, 0.6) is 0 Å². The Morgan fingerprint density at radius 3 is 2.74 bits per heavy atom. The molecule has 1 aliphatic rings. The summed E-state index contributed by atoms with van der Waals surface area (Å²) in [6, 6.07) is 4.25. The van der Waals surface area contributed by atoms with E-state index >= 15 is 0 Å². The van der Waals surface area contributed by atoms with Crippen LogP contribution in [-0.4, -0.2) is 42.9 Å². The molecule has 0 bridgehead atoms. The van der Waals surface area contributed by atoms with Crippen LogP contribution in [0.4, 0.5) is 11.4 Å². The molecule has 0 radical (unpaired) electrons. The number of nitro groups is 1. The van der Waals surface area contributed by atoms with Crippen LogP contribution in [0.25, 0.3) is 0 Å². The maximum atomic E-state index is 12.4. The SMILES string of the molecule is Cc1ccc([N+](=O)[O-])cc1NC(=O)[C@@H]1CCCN(S(C)(=O)=O)C1. The highest BCUT2D eigenvalue weighted by molar-refractivity contribution is 7.88. The quantitative estimate of drug-likeness (QED) is 0.659. The monoisotopic (exact) mass is 341 g/mol. The minimum atomic E-state index is -3.33. The minimum absolute atomic E-state index is 0.104. The highest BCUT2D eigenvalue weighted by atomic mass is 32.2. The molecule has 1 atom stereocenters. The van der Waals surface area contributed by atoms with Gasteiger partial charge in [-0.15, -0.1) is 0 Å². The number of rotatable bonds is 4. The minimum Gasteiger partial charge on any atom is -0.325 e. The van der Waals surface area contributed by atoms with Crippen molar-refractivity contribution in [3.05, 3.63) is 33.9 Å². The van der Waals surface area contributed by atoms with Gasteiger partial charge in [0, 0.05) is 25.2 Å². The molecule has 1 aromatic rings. The number of hydrogen-bond donors (Lipinski definition) is 1. The lowest BCUT2D eigenvalue weighted by molar-refractivity contribution is -0.384. The second-order valence-electron chi connectivity index (χ2n) is 5.71. The van der Waals surface area contributed by atoms with Crippen molar-refractivity contribution in [2.75, 3.05) is 24.7 Å². The first-order valence-corrected chi connectivity index (χ1v) is 9.04. The van der Waals surface area contributed by atoms with Crippen molar-refractivity contribution in [2.24, 2.45) is 5.92 Å². The molecule has 1 fully saturated rings. The Morgan fingerprint density at radius 1 is 1.43 bits per heavy atom. The zero-order chi connectivity index (χ0) is 17.2. The van der Waals surface area contributed by atoms with Gasteiger partial charge in [-0.25, -0.2) is 12.7 Å². The molecule has 0 spiro atoms. The Labute approximate surface area is 134 Å². The van der Waals surface area contributed by atoms with Crippen LogP contribution in [0.2, 0.25) is 0 Å². The number of nitrogens with one attached hydrogen (secondary N) is 1. The first kappa shape index (κ1) is 17.4. The zero-order valence-corrected chi connectivity index (χ0v) is 13.8. The van der Waals surface area contributed by atoms with Crippen LogP contribution < -0.4 is 5.32 Å². The largest absolute Gasteiger partial charge is 0.325 e. The number of piperidine rings is 1. The fraction of sp³-hybridized carbons (Fsp3) is 0.500. The summed E-state index contributed by atoms with van der Waals surface area (Å²) in [5.74, 6) is -0.779. The number of aryl methyl sites for hydroxylation is 1. The number of carbonyl (C=O) groups excluding carboxylic acids is 1. The molecule has 2 rings (SSSR count).